The highest BCUT2D eigenvalue weighted by molar-refractivity contribution is 7.18. The molecule has 1 unspecified atom stereocenters. The Balaban J connectivity index is 1.22. The summed E-state index contributed by atoms with van der Waals surface area (Å²) < 4.78 is 1.18. The number of piperidine rings is 2. The second-order valence-corrected chi connectivity index (χ2v) is 9.97. The van der Waals surface area contributed by atoms with Crippen molar-refractivity contribution in [3.63, 3.8) is 0 Å². The topological polar surface area (TPSA) is 53.5 Å². The Morgan fingerprint density at radius 1 is 0.909 bits per heavy atom. The number of rotatable bonds is 4. The molecule has 2 aromatic carbocycles. The zero-order valence-corrected chi connectivity index (χ0v) is 19.5. The number of hydrogen-bond acceptors (Lipinski definition) is 4. The molecule has 2 aliphatic rings. The molecular formula is C27H29N3O2S. The van der Waals surface area contributed by atoms with Gasteiger partial charge in [-0.3, -0.25) is 9.59 Å². The Morgan fingerprint density at radius 3 is 2.45 bits per heavy atom. The van der Waals surface area contributed by atoms with Gasteiger partial charge in [0.15, 0.2) is 0 Å². The number of nitrogens with zero attached hydrogens (tertiary/aromatic N) is 3. The van der Waals surface area contributed by atoms with Crippen molar-refractivity contribution in [2.45, 2.75) is 38.1 Å². The highest BCUT2D eigenvalue weighted by Gasteiger charge is 2.35. The first-order chi connectivity index (χ1) is 16.2. The first-order valence-electron chi connectivity index (χ1n) is 11.9. The molecule has 2 aliphatic heterocycles. The molecule has 5 rings (SSSR count). The second kappa shape index (κ2) is 9.87. The van der Waals surface area contributed by atoms with E-state index in [0.29, 0.717) is 13.1 Å². The Labute approximate surface area is 198 Å². The third kappa shape index (κ3) is 4.86. The number of hydrogen-bond donors (Lipinski definition) is 0. The zero-order valence-electron chi connectivity index (χ0n) is 18.7. The van der Waals surface area contributed by atoms with Gasteiger partial charge in [0.1, 0.15) is 5.01 Å². The SMILES string of the molecule is O=C(/C=C/c1ccccc1)N1CCC(C(=O)N2CCCCC2c2nc3ccccc3s2)CC1. The first kappa shape index (κ1) is 21.8. The molecular weight excluding hydrogens is 430 g/mol. The molecule has 170 valence electrons. The molecule has 6 heteroatoms. The lowest BCUT2D eigenvalue weighted by Gasteiger charge is -2.39. The number of amides is 2. The van der Waals surface area contributed by atoms with Crippen LogP contribution in [0.4, 0.5) is 0 Å². The number of carbonyl (C=O) groups is 2. The minimum atomic E-state index is -0.0119. The van der Waals surface area contributed by atoms with Gasteiger partial charge in [0, 0.05) is 31.6 Å². The predicted octanol–water partition coefficient (Wildman–Crippen LogP) is 5.30. The van der Waals surface area contributed by atoms with E-state index in [2.05, 4.69) is 11.0 Å². The lowest BCUT2D eigenvalue weighted by atomic mass is 9.92. The normalized spacial score (nSPS) is 19.9. The van der Waals surface area contributed by atoms with Gasteiger partial charge in [0.2, 0.25) is 11.8 Å². The first-order valence-corrected chi connectivity index (χ1v) is 12.7. The maximum absolute atomic E-state index is 13.5. The number of aromatic nitrogens is 1. The molecule has 3 aromatic rings. The summed E-state index contributed by atoms with van der Waals surface area (Å²) in [4.78, 5) is 34.9. The standard InChI is InChI=1S/C27H29N3O2S/c31-25(14-13-20-8-2-1-3-9-20)29-18-15-21(16-19-29)27(32)30-17-7-6-11-23(30)26-28-22-10-4-5-12-24(22)33-26/h1-5,8-10,12-14,21,23H,6-7,11,15-19H2/b14-13+. The summed E-state index contributed by atoms with van der Waals surface area (Å²) in [5, 5.41) is 1.06. The largest absolute Gasteiger partial charge is 0.339 e. The lowest BCUT2D eigenvalue weighted by Crippen LogP contribution is -2.46. The fraction of sp³-hybridized carbons (Fsp3) is 0.370. The number of carbonyl (C=O) groups excluding carboxylic acids is 2. The van der Waals surface area contributed by atoms with Crippen molar-refractivity contribution in [2.24, 2.45) is 5.92 Å². The van der Waals surface area contributed by atoms with Gasteiger partial charge in [-0.25, -0.2) is 4.98 Å². The smallest absolute Gasteiger partial charge is 0.246 e. The molecule has 2 amide bonds. The number of para-hydroxylation sites is 1. The summed E-state index contributed by atoms with van der Waals surface area (Å²) in [6, 6.07) is 18.1. The number of fused-ring (bicyclic) bond motifs is 1. The van der Waals surface area contributed by atoms with E-state index in [1.807, 2.05) is 59.5 Å². The van der Waals surface area contributed by atoms with Crippen LogP contribution in [0.25, 0.3) is 16.3 Å². The van der Waals surface area contributed by atoms with Crippen molar-refractivity contribution >= 4 is 39.4 Å². The van der Waals surface area contributed by atoms with Crippen molar-refractivity contribution in [3.8, 4) is 0 Å². The van der Waals surface area contributed by atoms with Gasteiger partial charge >= 0.3 is 0 Å². The quantitative estimate of drug-likeness (QED) is 0.498. The van der Waals surface area contributed by atoms with Crippen molar-refractivity contribution in [1.82, 2.24) is 14.8 Å². The average Bonchev–Trinajstić information content (AvgIpc) is 3.32. The summed E-state index contributed by atoms with van der Waals surface area (Å²) in [6.07, 6.45) is 8.12. The maximum Gasteiger partial charge on any atom is 0.246 e. The molecule has 1 aromatic heterocycles. The highest BCUT2D eigenvalue weighted by Crippen LogP contribution is 2.37. The Kier molecular flexibility index (Phi) is 6.53. The Hall–Kier alpha value is -2.99. The van der Waals surface area contributed by atoms with Crippen molar-refractivity contribution in [2.75, 3.05) is 19.6 Å². The third-order valence-corrected chi connectivity index (χ3v) is 7.89. The fourth-order valence-corrected chi connectivity index (χ4v) is 6.02. The molecule has 0 bridgehead atoms. The highest BCUT2D eigenvalue weighted by atomic mass is 32.1. The molecule has 5 nitrogen and oxygen atoms in total. The zero-order chi connectivity index (χ0) is 22.6. The molecule has 0 aliphatic carbocycles. The molecule has 3 heterocycles. The van der Waals surface area contributed by atoms with Crippen LogP contribution in [0.5, 0.6) is 0 Å². The van der Waals surface area contributed by atoms with Crippen LogP contribution in [0.3, 0.4) is 0 Å². The molecule has 1 atom stereocenters. The maximum atomic E-state index is 13.5. The van der Waals surface area contributed by atoms with E-state index in [4.69, 9.17) is 4.98 Å². The van der Waals surface area contributed by atoms with Gasteiger partial charge in [0.25, 0.3) is 0 Å². The van der Waals surface area contributed by atoms with E-state index in [1.54, 1.807) is 17.4 Å². The Bertz CT molecular complexity index is 1120. The second-order valence-electron chi connectivity index (χ2n) is 8.91. The molecule has 0 saturated carbocycles. The van der Waals surface area contributed by atoms with E-state index < -0.39 is 0 Å². The van der Waals surface area contributed by atoms with E-state index in [-0.39, 0.29) is 23.8 Å². The van der Waals surface area contributed by atoms with Crippen LogP contribution in [0.2, 0.25) is 0 Å². The summed E-state index contributed by atoms with van der Waals surface area (Å²) in [6.45, 7) is 2.07. The Morgan fingerprint density at radius 2 is 1.67 bits per heavy atom. The minimum Gasteiger partial charge on any atom is -0.339 e. The number of thiazole rings is 1. The van der Waals surface area contributed by atoms with Crippen molar-refractivity contribution in [1.29, 1.82) is 0 Å². The third-order valence-electron chi connectivity index (χ3n) is 6.76. The molecule has 33 heavy (non-hydrogen) atoms. The van der Waals surface area contributed by atoms with Crippen LogP contribution >= 0.6 is 11.3 Å². The fourth-order valence-electron chi connectivity index (χ4n) is 4.90. The van der Waals surface area contributed by atoms with Crippen LogP contribution < -0.4 is 0 Å². The summed E-state index contributed by atoms with van der Waals surface area (Å²) in [7, 11) is 0. The van der Waals surface area contributed by atoms with Gasteiger partial charge in [-0.1, -0.05) is 42.5 Å². The van der Waals surface area contributed by atoms with Crippen LogP contribution in [-0.2, 0) is 9.59 Å². The van der Waals surface area contributed by atoms with Crippen molar-refractivity contribution < 1.29 is 9.59 Å². The van der Waals surface area contributed by atoms with Crippen LogP contribution in [0, 0.1) is 5.92 Å². The van der Waals surface area contributed by atoms with Gasteiger partial charge in [-0.15, -0.1) is 11.3 Å². The van der Waals surface area contributed by atoms with Gasteiger partial charge in [-0.05, 0) is 55.9 Å². The van der Waals surface area contributed by atoms with Crippen LogP contribution in [-0.4, -0.2) is 46.2 Å². The van der Waals surface area contributed by atoms with Crippen LogP contribution in [0.1, 0.15) is 48.7 Å². The monoisotopic (exact) mass is 459 g/mol. The minimum absolute atomic E-state index is 0.0119. The molecule has 0 N–H and O–H groups in total. The average molecular weight is 460 g/mol. The predicted molar refractivity (Wildman–Crippen MR) is 133 cm³/mol. The van der Waals surface area contributed by atoms with E-state index in [1.165, 1.54) is 4.70 Å². The van der Waals surface area contributed by atoms with Crippen LogP contribution in [0.15, 0.2) is 60.7 Å². The van der Waals surface area contributed by atoms with E-state index in [9.17, 15) is 9.59 Å². The number of likely N-dealkylation sites (tertiary alicyclic amines) is 2. The lowest BCUT2D eigenvalue weighted by molar-refractivity contribution is -0.142. The molecule has 2 fully saturated rings. The van der Waals surface area contributed by atoms with Gasteiger partial charge in [0.05, 0.1) is 16.3 Å². The van der Waals surface area contributed by atoms with E-state index in [0.717, 1.165) is 54.7 Å². The summed E-state index contributed by atoms with van der Waals surface area (Å²) in [5.74, 6) is 0.253. The van der Waals surface area contributed by atoms with Crippen molar-refractivity contribution in [3.05, 3.63) is 71.2 Å². The molecule has 0 spiro atoms. The van der Waals surface area contributed by atoms with Gasteiger partial charge < -0.3 is 9.80 Å². The van der Waals surface area contributed by atoms with E-state index >= 15 is 0 Å². The van der Waals surface area contributed by atoms with Gasteiger partial charge in [-0.2, -0.15) is 0 Å². The summed E-state index contributed by atoms with van der Waals surface area (Å²) >= 11 is 1.71. The molecule has 2 saturated heterocycles. The number of benzene rings is 2. The summed E-state index contributed by atoms with van der Waals surface area (Å²) in [5.41, 5.74) is 2.03. The molecule has 0 radical (unpaired) electrons.